The van der Waals surface area contributed by atoms with Crippen LogP contribution in [0, 0.1) is 11.3 Å². The molecule has 0 aliphatic carbocycles. The first kappa shape index (κ1) is 22.8. The van der Waals surface area contributed by atoms with Gasteiger partial charge >= 0.3 is 0 Å². The van der Waals surface area contributed by atoms with E-state index in [0.29, 0.717) is 0 Å². The van der Waals surface area contributed by atoms with E-state index in [0.717, 1.165) is 54.5 Å². The van der Waals surface area contributed by atoms with Crippen LogP contribution in [0.5, 0.6) is 0 Å². The molecule has 5 aromatic rings. The average molecular weight is 499 g/mol. The van der Waals surface area contributed by atoms with Crippen molar-refractivity contribution in [2.24, 2.45) is 0 Å². The fourth-order valence-corrected chi connectivity index (χ4v) is 6.12. The maximum atomic E-state index is 9.85. The van der Waals surface area contributed by atoms with Crippen LogP contribution in [0.4, 0.5) is 0 Å². The highest BCUT2D eigenvalue weighted by molar-refractivity contribution is 7.98. The minimum Gasteiger partial charge on any atom is -0.279 e. The topological polar surface area (TPSA) is 28.7 Å². The van der Waals surface area contributed by atoms with Crippen LogP contribution in [0.3, 0.4) is 0 Å². The quantitative estimate of drug-likeness (QED) is 0.223. The zero-order valence-electron chi connectivity index (χ0n) is 18.8. The molecule has 3 aromatic carbocycles. The normalized spacial score (nSPS) is 11.1. The Morgan fingerprint density at radius 2 is 1.82 bits per heavy atom. The number of hydrogen-bond donors (Lipinski definition) is 0. The molecule has 0 N–H and O–H groups in total. The number of aromatic nitrogens is 1. The Bertz CT molecular complexity index is 1490. The van der Waals surface area contributed by atoms with Crippen molar-refractivity contribution in [2.45, 2.75) is 31.1 Å². The van der Waals surface area contributed by atoms with Crippen molar-refractivity contribution in [2.75, 3.05) is 0 Å². The van der Waals surface area contributed by atoms with E-state index in [2.05, 4.69) is 71.6 Å². The van der Waals surface area contributed by atoms with Gasteiger partial charge in [-0.2, -0.15) is 5.26 Å². The van der Waals surface area contributed by atoms with Gasteiger partial charge in [0.15, 0.2) is 0 Å². The van der Waals surface area contributed by atoms with Crippen LogP contribution in [0.15, 0.2) is 89.1 Å². The van der Waals surface area contributed by atoms with E-state index in [1.165, 1.54) is 29.7 Å². The molecule has 0 aliphatic heterocycles. The molecule has 5 rings (SSSR count). The Balaban J connectivity index is 1.80. The molecule has 0 amide bonds. The molecule has 0 radical (unpaired) electrons. The van der Waals surface area contributed by atoms with Gasteiger partial charge in [0.25, 0.3) is 0 Å². The maximum absolute atomic E-state index is 9.85. The van der Waals surface area contributed by atoms with Gasteiger partial charge in [-0.25, -0.2) is 0 Å². The molecule has 0 saturated heterocycles. The smallest absolute Gasteiger partial charge is 0.112 e. The van der Waals surface area contributed by atoms with Gasteiger partial charge in [-0.3, -0.25) is 3.97 Å². The van der Waals surface area contributed by atoms with Crippen molar-refractivity contribution in [3.63, 3.8) is 0 Å². The third-order valence-electron chi connectivity index (χ3n) is 5.90. The Kier molecular flexibility index (Phi) is 6.78. The van der Waals surface area contributed by atoms with Crippen LogP contribution in [0.1, 0.15) is 30.2 Å². The first-order valence-electron chi connectivity index (χ1n) is 11.3. The standard InChI is InChI=1S/C29H23ClN2S2/c1-2-3-7-20-8-6-9-21(18-20)29-28(25-16-17-33-27(25)19-31)24-10-4-5-11-26(24)32(29)34-23-14-12-22(30)13-15-23/h4-6,8-18H,2-3,7H2,1H3. The van der Waals surface area contributed by atoms with Crippen molar-refractivity contribution < 1.29 is 0 Å². The molecule has 0 spiro atoms. The Hall–Kier alpha value is -2.97. The molecule has 0 aliphatic rings. The minimum absolute atomic E-state index is 0.725. The third kappa shape index (κ3) is 4.40. The Labute approximate surface area is 213 Å². The number of rotatable bonds is 7. The summed E-state index contributed by atoms with van der Waals surface area (Å²) in [5.74, 6) is 0. The molecule has 0 saturated carbocycles. The van der Waals surface area contributed by atoms with E-state index >= 15 is 0 Å². The van der Waals surface area contributed by atoms with Crippen LogP contribution in [0.25, 0.3) is 33.3 Å². The van der Waals surface area contributed by atoms with Crippen molar-refractivity contribution in [1.82, 2.24) is 3.97 Å². The average Bonchev–Trinajstić information content (AvgIpc) is 3.46. The molecule has 0 atom stereocenters. The zero-order valence-corrected chi connectivity index (χ0v) is 21.2. The molecular weight excluding hydrogens is 476 g/mol. The molecule has 0 bridgehead atoms. The number of nitriles is 1. The lowest BCUT2D eigenvalue weighted by Crippen LogP contribution is -1.94. The van der Waals surface area contributed by atoms with E-state index in [1.807, 2.05) is 29.6 Å². The third-order valence-corrected chi connectivity index (χ3v) is 8.01. The van der Waals surface area contributed by atoms with Crippen molar-refractivity contribution in [1.29, 1.82) is 5.26 Å². The molecule has 2 nitrogen and oxygen atoms in total. The number of fused-ring (bicyclic) bond motifs is 1. The number of benzene rings is 3. The molecule has 34 heavy (non-hydrogen) atoms. The van der Waals surface area contributed by atoms with Crippen molar-refractivity contribution in [3.8, 4) is 28.5 Å². The number of para-hydroxylation sites is 1. The number of unbranched alkanes of at least 4 members (excludes halogenated alkanes) is 1. The second-order valence-corrected chi connectivity index (χ2v) is 10.5. The summed E-state index contributed by atoms with van der Waals surface area (Å²) in [5, 5.41) is 13.7. The zero-order chi connectivity index (χ0) is 23.5. The fraction of sp³-hybridized carbons (Fsp3) is 0.138. The summed E-state index contributed by atoms with van der Waals surface area (Å²) >= 11 is 9.33. The number of thiophene rings is 1. The first-order chi connectivity index (χ1) is 16.7. The highest BCUT2D eigenvalue weighted by Gasteiger charge is 2.23. The molecule has 2 aromatic heterocycles. The van der Waals surface area contributed by atoms with E-state index in [1.54, 1.807) is 11.9 Å². The van der Waals surface area contributed by atoms with E-state index < -0.39 is 0 Å². The van der Waals surface area contributed by atoms with Gasteiger partial charge in [0.1, 0.15) is 10.9 Å². The number of aryl methyl sites for hydroxylation is 1. The van der Waals surface area contributed by atoms with Crippen molar-refractivity contribution >= 4 is 45.8 Å². The number of halogens is 1. The van der Waals surface area contributed by atoms with Gasteiger partial charge in [-0.1, -0.05) is 61.3 Å². The molecule has 0 unspecified atom stereocenters. The van der Waals surface area contributed by atoms with Gasteiger partial charge in [-0.15, -0.1) is 11.3 Å². The van der Waals surface area contributed by atoms with Crippen LogP contribution in [0.2, 0.25) is 5.02 Å². The first-order valence-corrected chi connectivity index (χ1v) is 13.4. The SMILES string of the molecule is CCCCc1cccc(-c2c(-c3ccsc3C#N)c3ccccc3n2Sc2ccc(Cl)cc2)c1. The molecule has 5 heteroatoms. The predicted octanol–water partition coefficient (Wildman–Crippen LogP) is 9.46. The molecular formula is C29H23ClN2S2. The summed E-state index contributed by atoms with van der Waals surface area (Å²) in [6, 6.07) is 29.8. The van der Waals surface area contributed by atoms with Crippen LogP contribution < -0.4 is 0 Å². The highest BCUT2D eigenvalue weighted by atomic mass is 35.5. The summed E-state index contributed by atoms with van der Waals surface area (Å²) in [6.07, 6.45) is 3.40. The Morgan fingerprint density at radius 3 is 2.62 bits per heavy atom. The van der Waals surface area contributed by atoms with E-state index in [4.69, 9.17) is 11.6 Å². The van der Waals surface area contributed by atoms with E-state index in [-0.39, 0.29) is 0 Å². The predicted molar refractivity (Wildman–Crippen MR) is 147 cm³/mol. The summed E-state index contributed by atoms with van der Waals surface area (Å²) in [6.45, 7) is 2.22. The van der Waals surface area contributed by atoms with Gasteiger partial charge in [0, 0.05) is 32.0 Å². The lowest BCUT2D eigenvalue weighted by atomic mass is 9.97. The van der Waals surface area contributed by atoms with Crippen LogP contribution in [-0.2, 0) is 6.42 Å². The number of hydrogen-bond acceptors (Lipinski definition) is 3. The van der Waals surface area contributed by atoms with Gasteiger partial charge in [0.2, 0.25) is 0 Å². The second kappa shape index (κ2) is 10.1. The summed E-state index contributed by atoms with van der Waals surface area (Å²) in [4.78, 5) is 1.84. The summed E-state index contributed by atoms with van der Waals surface area (Å²) < 4.78 is 2.31. The molecule has 2 heterocycles. The van der Waals surface area contributed by atoms with Crippen LogP contribution in [-0.4, -0.2) is 3.97 Å². The lowest BCUT2D eigenvalue weighted by molar-refractivity contribution is 0.795. The highest BCUT2D eigenvalue weighted by Crippen LogP contribution is 2.46. The minimum atomic E-state index is 0.725. The monoisotopic (exact) mass is 498 g/mol. The maximum Gasteiger partial charge on any atom is 0.112 e. The molecule has 168 valence electrons. The Morgan fingerprint density at radius 1 is 1.00 bits per heavy atom. The summed E-state index contributed by atoms with van der Waals surface area (Å²) in [7, 11) is 0. The van der Waals surface area contributed by atoms with Gasteiger partial charge in [0.05, 0.1) is 11.2 Å². The molecule has 0 fully saturated rings. The largest absolute Gasteiger partial charge is 0.279 e. The van der Waals surface area contributed by atoms with Gasteiger partial charge in [-0.05, 0) is 78.2 Å². The van der Waals surface area contributed by atoms with Crippen LogP contribution >= 0.6 is 34.9 Å². The number of nitrogens with zero attached hydrogens (tertiary/aromatic N) is 2. The van der Waals surface area contributed by atoms with Gasteiger partial charge < -0.3 is 0 Å². The summed E-state index contributed by atoms with van der Waals surface area (Å²) in [5.41, 5.74) is 6.85. The fourth-order valence-electron chi connectivity index (χ4n) is 4.29. The van der Waals surface area contributed by atoms with Crippen molar-refractivity contribution in [3.05, 3.63) is 99.7 Å². The second-order valence-electron chi connectivity index (χ2n) is 8.16. The lowest BCUT2D eigenvalue weighted by Gasteiger charge is -2.13. The van der Waals surface area contributed by atoms with E-state index in [9.17, 15) is 5.26 Å².